The summed E-state index contributed by atoms with van der Waals surface area (Å²) in [5.74, 6) is -0.940. The van der Waals surface area contributed by atoms with Gasteiger partial charge in [0.25, 0.3) is 0 Å². The molecule has 0 N–H and O–H groups in total. The van der Waals surface area contributed by atoms with Gasteiger partial charge in [0.2, 0.25) is 5.91 Å². The number of benzene rings is 1. The number of anilines is 1. The quantitative estimate of drug-likeness (QED) is 0.361. The van der Waals surface area contributed by atoms with Crippen molar-refractivity contribution in [3.05, 3.63) is 34.9 Å². The molecule has 1 aromatic carbocycles. The zero-order chi connectivity index (χ0) is 17.9. The SMILES string of the molecule is COC(=O)/C(=C\c1ccc(N2CCN(C)CC2=O)cc1C)C(C)=O. The monoisotopic (exact) mass is 330 g/mol. The van der Waals surface area contributed by atoms with E-state index in [1.165, 1.54) is 20.1 Å². The van der Waals surface area contributed by atoms with Gasteiger partial charge in [-0.2, -0.15) is 0 Å². The summed E-state index contributed by atoms with van der Waals surface area (Å²) in [6.45, 7) is 5.08. The molecule has 24 heavy (non-hydrogen) atoms. The molecule has 6 heteroatoms. The lowest BCUT2D eigenvalue weighted by atomic mass is 10.0. The molecule has 1 aliphatic rings. The predicted molar refractivity (Wildman–Crippen MR) is 91.7 cm³/mol. The molecule has 1 amide bonds. The van der Waals surface area contributed by atoms with Crippen LogP contribution in [-0.4, -0.2) is 56.4 Å². The summed E-state index contributed by atoms with van der Waals surface area (Å²) in [5, 5.41) is 0. The first kappa shape index (κ1) is 17.9. The molecule has 0 saturated carbocycles. The zero-order valence-corrected chi connectivity index (χ0v) is 14.5. The largest absolute Gasteiger partial charge is 0.465 e. The van der Waals surface area contributed by atoms with Gasteiger partial charge in [0.15, 0.2) is 5.78 Å². The second-order valence-electron chi connectivity index (χ2n) is 5.93. The number of carbonyl (C=O) groups is 3. The fourth-order valence-electron chi connectivity index (χ4n) is 2.62. The van der Waals surface area contributed by atoms with Crippen molar-refractivity contribution in [1.82, 2.24) is 4.90 Å². The Morgan fingerprint density at radius 3 is 2.50 bits per heavy atom. The van der Waals surface area contributed by atoms with Crippen LogP contribution in [0.5, 0.6) is 0 Å². The third-order valence-electron chi connectivity index (χ3n) is 4.06. The van der Waals surface area contributed by atoms with Crippen molar-refractivity contribution in [3.8, 4) is 0 Å². The molecule has 1 heterocycles. The number of nitrogens with zero attached hydrogens (tertiary/aromatic N) is 2. The minimum absolute atomic E-state index is 0.00373. The van der Waals surface area contributed by atoms with Crippen LogP contribution in [-0.2, 0) is 19.1 Å². The van der Waals surface area contributed by atoms with Gasteiger partial charge in [0, 0.05) is 18.8 Å². The molecular weight excluding hydrogens is 308 g/mol. The van der Waals surface area contributed by atoms with Crippen LogP contribution in [0.25, 0.3) is 6.08 Å². The van der Waals surface area contributed by atoms with E-state index in [9.17, 15) is 14.4 Å². The van der Waals surface area contributed by atoms with E-state index in [4.69, 9.17) is 0 Å². The minimum atomic E-state index is -0.653. The van der Waals surface area contributed by atoms with E-state index in [1.54, 1.807) is 4.90 Å². The predicted octanol–water partition coefficient (Wildman–Crippen LogP) is 1.42. The molecule has 0 unspecified atom stereocenters. The number of methoxy groups -OCH3 is 1. The Morgan fingerprint density at radius 2 is 1.96 bits per heavy atom. The van der Waals surface area contributed by atoms with E-state index in [0.29, 0.717) is 13.1 Å². The van der Waals surface area contributed by atoms with Crippen molar-refractivity contribution in [2.75, 3.05) is 38.7 Å². The molecule has 1 saturated heterocycles. The molecule has 6 nitrogen and oxygen atoms in total. The molecule has 128 valence electrons. The number of ether oxygens (including phenoxy) is 1. The molecular formula is C18H22N2O4. The highest BCUT2D eigenvalue weighted by molar-refractivity contribution is 6.19. The van der Waals surface area contributed by atoms with Crippen LogP contribution in [0.4, 0.5) is 5.69 Å². The minimum Gasteiger partial charge on any atom is -0.465 e. The van der Waals surface area contributed by atoms with Crippen molar-refractivity contribution >= 4 is 29.4 Å². The first-order chi connectivity index (χ1) is 11.3. The van der Waals surface area contributed by atoms with Crippen molar-refractivity contribution in [1.29, 1.82) is 0 Å². The Morgan fingerprint density at radius 1 is 1.25 bits per heavy atom. The molecule has 0 aromatic heterocycles. The molecule has 0 atom stereocenters. The number of rotatable bonds is 4. The summed E-state index contributed by atoms with van der Waals surface area (Å²) >= 11 is 0. The first-order valence-electron chi connectivity index (χ1n) is 7.74. The highest BCUT2D eigenvalue weighted by atomic mass is 16.5. The average Bonchev–Trinajstić information content (AvgIpc) is 2.52. The lowest BCUT2D eigenvalue weighted by molar-refractivity contribution is -0.137. The van der Waals surface area contributed by atoms with Gasteiger partial charge in [-0.1, -0.05) is 6.07 Å². The number of aryl methyl sites for hydroxylation is 1. The van der Waals surface area contributed by atoms with Crippen LogP contribution in [0.15, 0.2) is 23.8 Å². The Labute approximate surface area is 141 Å². The number of piperazine rings is 1. The van der Waals surface area contributed by atoms with Gasteiger partial charge in [-0.15, -0.1) is 0 Å². The normalized spacial score (nSPS) is 16.2. The summed E-state index contributed by atoms with van der Waals surface area (Å²) in [6, 6.07) is 5.53. The second kappa shape index (κ2) is 7.40. The van der Waals surface area contributed by atoms with E-state index in [1.807, 2.05) is 37.1 Å². The van der Waals surface area contributed by atoms with Crippen molar-refractivity contribution in [2.24, 2.45) is 0 Å². The molecule has 1 aromatic rings. The number of likely N-dealkylation sites (N-methyl/N-ethyl adjacent to an activating group) is 1. The lowest BCUT2D eigenvalue weighted by Crippen LogP contribution is -2.48. The van der Waals surface area contributed by atoms with Gasteiger partial charge >= 0.3 is 5.97 Å². The molecule has 0 aliphatic carbocycles. The van der Waals surface area contributed by atoms with Gasteiger partial charge in [-0.05, 0) is 50.2 Å². The van der Waals surface area contributed by atoms with Crippen LogP contribution in [0.3, 0.4) is 0 Å². The van der Waals surface area contributed by atoms with E-state index in [0.717, 1.165) is 23.4 Å². The number of Topliss-reactive ketones (excluding diaryl/α,β-unsaturated/α-hetero) is 1. The summed E-state index contributed by atoms with van der Waals surface area (Å²) in [4.78, 5) is 39.2. The standard InChI is InChI=1S/C18H22N2O4/c1-12-9-15(20-8-7-19(3)11-17(20)22)6-5-14(12)10-16(13(2)21)18(23)24-4/h5-6,9-10H,7-8,11H2,1-4H3/b16-10-. The number of hydrogen-bond donors (Lipinski definition) is 0. The molecule has 0 bridgehead atoms. The van der Waals surface area contributed by atoms with Crippen molar-refractivity contribution in [3.63, 3.8) is 0 Å². The van der Waals surface area contributed by atoms with Crippen LogP contribution in [0, 0.1) is 6.92 Å². The van der Waals surface area contributed by atoms with Gasteiger partial charge in [-0.3, -0.25) is 14.5 Å². The summed E-state index contributed by atoms with van der Waals surface area (Å²) in [5.41, 5.74) is 2.45. The average molecular weight is 330 g/mol. The highest BCUT2D eigenvalue weighted by Crippen LogP contribution is 2.23. The topological polar surface area (TPSA) is 66.9 Å². The fraction of sp³-hybridized carbons (Fsp3) is 0.389. The van der Waals surface area contributed by atoms with Crippen molar-refractivity contribution < 1.29 is 19.1 Å². The van der Waals surface area contributed by atoms with E-state index < -0.39 is 5.97 Å². The van der Waals surface area contributed by atoms with Gasteiger partial charge in [0.05, 0.1) is 13.7 Å². The van der Waals surface area contributed by atoms with E-state index >= 15 is 0 Å². The van der Waals surface area contributed by atoms with Crippen molar-refractivity contribution in [2.45, 2.75) is 13.8 Å². The maximum absolute atomic E-state index is 12.2. The van der Waals surface area contributed by atoms with E-state index in [-0.39, 0.29) is 17.3 Å². The maximum Gasteiger partial charge on any atom is 0.341 e. The number of esters is 1. The molecule has 2 rings (SSSR count). The first-order valence-corrected chi connectivity index (χ1v) is 7.74. The van der Waals surface area contributed by atoms with Gasteiger partial charge in [-0.25, -0.2) is 4.79 Å². The Kier molecular flexibility index (Phi) is 5.51. The number of hydrogen-bond acceptors (Lipinski definition) is 5. The molecule has 1 fully saturated rings. The van der Waals surface area contributed by atoms with Crippen LogP contribution in [0.1, 0.15) is 18.1 Å². The van der Waals surface area contributed by atoms with Crippen LogP contribution >= 0.6 is 0 Å². The highest BCUT2D eigenvalue weighted by Gasteiger charge is 2.23. The Hall–Kier alpha value is -2.47. The van der Waals surface area contributed by atoms with Gasteiger partial charge < -0.3 is 9.64 Å². The maximum atomic E-state index is 12.2. The number of carbonyl (C=O) groups excluding carboxylic acids is 3. The van der Waals surface area contributed by atoms with E-state index in [2.05, 4.69) is 4.74 Å². The molecule has 1 aliphatic heterocycles. The number of amides is 1. The smallest absolute Gasteiger partial charge is 0.341 e. The Balaban J connectivity index is 2.31. The third-order valence-corrected chi connectivity index (χ3v) is 4.06. The molecule has 0 spiro atoms. The van der Waals surface area contributed by atoms with Crippen LogP contribution < -0.4 is 4.90 Å². The summed E-state index contributed by atoms with van der Waals surface area (Å²) in [6.07, 6.45) is 1.53. The van der Waals surface area contributed by atoms with Gasteiger partial charge in [0.1, 0.15) is 5.57 Å². The second-order valence-corrected chi connectivity index (χ2v) is 5.93. The summed E-state index contributed by atoms with van der Waals surface area (Å²) < 4.78 is 4.64. The van der Waals surface area contributed by atoms with Crippen LogP contribution in [0.2, 0.25) is 0 Å². The summed E-state index contributed by atoms with van der Waals surface area (Å²) in [7, 11) is 3.17. The Bertz CT molecular complexity index is 709. The molecule has 0 radical (unpaired) electrons. The lowest BCUT2D eigenvalue weighted by Gasteiger charge is -2.32. The zero-order valence-electron chi connectivity index (χ0n) is 14.5. The third kappa shape index (κ3) is 3.89. The fourth-order valence-corrected chi connectivity index (χ4v) is 2.62. The number of ketones is 1.